The molecule has 4 atom stereocenters. The van der Waals surface area contributed by atoms with Gasteiger partial charge in [-0.25, -0.2) is 0 Å². The Morgan fingerprint density at radius 2 is 2.29 bits per heavy atom. The number of aliphatic hydroxyl groups excluding tert-OH is 1. The van der Waals surface area contributed by atoms with Crippen LogP contribution in [0.3, 0.4) is 0 Å². The van der Waals surface area contributed by atoms with Gasteiger partial charge in [-0.15, -0.1) is 0 Å². The molecule has 4 aliphatic rings. The first-order valence-corrected chi connectivity index (χ1v) is 8.64. The molecule has 3 aliphatic carbocycles. The van der Waals surface area contributed by atoms with Crippen LogP contribution in [0.2, 0.25) is 0 Å². The molecule has 4 rings (SSSR count). The molecule has 0 amide bonds. The van der Waals surface area contributed by atoms with Crippen LogP contribution in [0, 0.1) is 23.2 Å². The third-order valence-electron chi connectivity index (χ3n) is 6.14. The van der Waals surface area contributed by atoms with Gasteiger partial charge in [0.15, 0.2) is 0 Å². The molecule has 3 nitrogen and oxygen atoms in total. The minimum absolute atomic E-state index is 0.346. The Kier molecular flexibility index (Phi) is 4.45. The molecular weight excluding hydrogens is 262 g/mol. The molecule has 1 saturated carbocycles. The van der Waals surface area contributed by atoms with Gasteiger partial charge in [-0.2, -0.15) is 0 Å². The summed E-state index contributed by atoms with van der Waals surface area (Å²) in [6.07, 6.45) is 5.87. The van der Waals surface area contributed by atoms with Crippen LogP contribution in [0.5, 0.6) is 0 Å². The fourth-order valence-electron chi connectivity index (χ4n) is 4.50. The maximum absolute atomic E-state index is 10.1. The summed E-state index contributed by atoms with van der Waals surface area (Å²) in [6, 6.07) is 0. The minimum atomic E-state index is -0.346. The van der Waals surface area contributed by atoms with Gasteiger partial charge < -0.3 is 14.7 Å². The number of ether oxygens (including phenoxy) is 1. The van der Waals surface area contributed by atoms with Crippen LogP contribution in [0.1, 0.15) is 40.0 Å². The van der Waals surface area contributed by atoms with Crippen molar-refractivity contribution in [3.63, 3.8) is 0 Å². The number of nitrogens with zero attached hydrogens (tertiary/aromatic N) is 1. The quantitative estimate of drug-likeness (QED) is 0.764. The zero-order valence-corrected chi connectivity index (χ0v) is 13.8. The van der Waals surface area contributed by atoms with E-state index in [4.69, 9.17) is 4.74 Å². The van der Waals surface area contributed by atoms with Gasteiger partial charge >= 0.3 is 0 Å². The first-order valence-electron chi connectivity index (χ1n) is 8.64. The average molecular weight is 293 g/mol. The lowest BCUT2D eigenvalue weighted by Crippen LogP contribution is -2.48. The number of aliphatic hydroxyl groups is 1. The number of likely N-dealkylation sites (tertiary alicyclic amines) is 1. The number of hydrogen-bond acceptors (Lipinski definition) is 3. The smallest absolute Gasteiger partial charge is 0.0900 e. The molecule has 0 aromatic heterocycles. The summed E-state index contributed by atoms with van der Waals surface area (Å²) in [6.45, 7) is 11.3. The highest BCUT2D eigenvalue weighted by atomic mass is 16.5. The van der Waals surface area contributed by atoms with Gasteiger partial charge in [0.2, 0.25) is 0 Å². The Labute approximate surface area is 129 Å². The summed E-state index contributed by atoms with van der Waals surface area (Å²) in [4.78, 5) is 2.36. The molecule has 0 aromatic carbocycles. The second kappa shape index (κ2) is 6.02. The van der Waals surface area contributed by atoms with Crippen molar-refractivity contribution < 1.29 is 9.84 Å². The number of β-amino-alcohol motifs (C(OH)–C–C–N with tert-alkyl or cyclic N) is 1. The van der Waals surface area contributed by atoms with Crippen molar-refractivity contribution in [1.82, 2.24) is 4.90 Å². The fraction of sp³-hybridized carbons (Fsp3) is 0.889. The van der Waals surface area contributed by atoms with Crippen molar-refractivity contribution in [2.24, 2.45) is 23.2 Å². The Morgan fingerprint density at radius 3 is 2.90 bits per heavy atom. The van der Waals surface area contributed by atoms with Gasteiger partial charge in [0.1, 0.15) is 0 Å². The van der Waals surface area contributed by atoms with Crippen LogP contribution >= 0.6 is 0 Å². The van der Waals surface area contributed by atoms with Crippen LogP contribution in [0.4, 0.5) is 0 Å². The largest absolute Gasteiger partial charge is 0.389 e. The molecule has 4 unspecified atom stereocenters. The predicted molar refractivity (Wildman–Crippen MR) is 85.1 cm³/mol. The SMILES string of the molecule is CC1CCN(CC(O)COCC2=CCC3CC2C3(C)C)C1. The molecule has 1 aliphatic heterocycles. The average Bonchev–Trinajstić information content (AvgIpc) is 2.84. The zero-order chi connectivity index (χ0) is 15.0. The van der Waals surface area contributed by atoms with E-state index in [0.29, 0.717) is 24.5 Å². The van der Waals surface area contributed by atoms with E-state index in [0.717, 1.165) is 31.5 Å². The molecule has 1 heterocycles. The van der Waals surface area contributed by atoms with E-state index in [-0.39, 0.29) is 6.10 Å². The second-order valence-electron chi connectivity index (χ2n) is 8.14. The van der Waals surface area contributed by atoms with Crippen molar-refractivity contribution in [2.45, 2.75) is 46.1 Å². The van der Waals surface area contributed by atoms with Gasteiger partial charge in [-0.1, -0.05) is 26.8 Å². The van der Waals surface area contributed by atoms with E-state index in [2.05, 4.69) is 31.7 Å². The predicted octanol–water partition coefficient (Wildman–Crippen LogP) is 2.70. The molecule has 0 aromatic rings. The van der Waals surface area contributed by atoms with Crippen molar-refractivity contribution in [3.8, 4) is 0 Å². The number of fused-ring (bicyclic) bond motifs is 1. The van der Waals surface area contributed by atoms with Crippen LogP contribution in [-0.2, 0) is 4.74 Å². The highest BCUT2D eigenvalue weighted by Gasteiger charge is 2.50. The van der Waals surface area contributed by atoms with Gasteiger partial charge in [-0.3, -0.25) is 0 Å². The molecule has 0 radical (unpaired) electrons. The third kappa shape index (κ3) is 3.20. The van der Waals surface area contributed by atoms with Crippen molar-refractivity contribution in [2.75, 3.05) is 32.8 Å². The molecular formula is C18H31NO2. The van der Waals surface area contributed by atoms with Gasteiger partial charge in [0, 0.05) is 13.1 Å². The fourth-order valence-corrected chi connectivity index (χ4v) is 4.50. The Bertz CT molecular complexity index is 404. The number of allylic oxidation sites excluding steroid dienone is 1. The number of rotatable bonds is 6. The highest BCUT2D eigenvalue weighted by molar-refractivity contribution is 5.23. The molecule has 0 spiro atoms. The molecule has 1 saturated heterocycles. The Balaban J connectivity index is 1.37. The van der Waals surface area contributed by atoms with E-state index < -0.39 is 0 Å². The lowest BCUT2D eigenvalue weighted by atomic mass is 9.49. The lowest BCUT2D eigenvalue weighted by Gasteiger charge is -2.56. The molecule has 3 heteroatoms. The molecule has 2 bridgehead atoms. The first-order chi connectivity index (χ1) is 9.96. The molecule has 120 valence electrons. The maximum atomic E-state index is 10.1. The first kappa shape index (κ1) is 15.5. The van der Waals surface area contributed by atoms with E-state index in [1.165, 1.54) is 24.8 Å². The Hall–Kier alpha value is -0.380. The Morgan fingerprint density at radius 1 is 1.48 bits per heavy atom. The van der Waals surface area contributed by atoms with Gasteiger partial charge in [-0.05, 0) is 54.5 Å². The van der Waals surface area contributed by atoms with Crippen molar-refractivity contribution in [3.05, 3.63) is 11.6 Å². The zero-order valence-electron chi connectivity index (χ0n) is 13.8. The van der Waals surface area contributed by atoms with Crippen LogP contribution in [-0.4, -0.2) is 49.0 Å². The normalized spacial score (nSPS) is 36.2. The summed E-state index contributed by atoms with van der Waals surface area (Å²) in [5.41, 5.74) is 1.95. The van der Waals surface area contributed by atoms with Crippen LogP contribution < -0.4 is 0 Å². The van der Waals surface area contributed by atoms with Crippen molar-refractivity contribution in [1.29, 1.82) is 0 Å². The van der Waals surface area contributed by atoms with E-state index in [1.807, 2.05) is 0 Å². The molecule has 2 fully saturated rings. The van der Waals surface area contributed by atoms with E-state index >= 15 is 0 Å². The topological polar surface area (TPSA) is 32.7 Å². The number of hydrogen-bond donors (Lipinski definition) is 1. The van der Waals surface area contributed by atoms with Crippen LogP contribution in [0.15, 0.2) is 11.6 Å². The van der Waals surface area contributed by atoms with E-state index in [1.54, 1.807) is 0 Å². The maximum Gasteiger partial charge on any atom is 0.0900 e. The summed E-state index contributed by atoms with van der Waals surface area (Å²) >= 11 is 0. The minimum Gasteiger partial charge on any atom is -0.389 e. The summed E-state index contributed by atoms with van der Waals surface area (Å²) in [5.74, 6) is 2.38. The third-order valence-corrected chi connectivity index (χ3v) is 6.14. The summed E-state index contributed by atoms with van der Waals surface area (Å²) in [5, 5.41) is 10.1. The van der Waals surface area contributed by atoms with Gasteiger partial charge in [0.05, 0.1) is 19.3 Å². The van der Waals surface area contributed by atoms with E-state index in [9.17, 15) is 5.11 Å². The molecule has 1 N–H and O–H groups in total. The monoisotopic (exact) mass is 293 g/mol. The second-order valence-corrected chi connectivity index (χ2v) is 8.14. The standard InChI is InChI=1S/C18H31NO2/c1-13-6-7-19(9-13)10-16(20)12-21-11-14-4-5-15-8-17(14)18(15,2)3/h4,13,15-17,20H,5-12H2,1-3H3. The molecule has 21 heavy (non-hydrogen) atoms. The van der Waals surface area contributed by atoms with Crippen molar-refractivity contribution >= 4 is 0 Å². The highest BCUT2D eigenvalue weighted by Crippen LogP contribution is 2.59. The summed E-state index contributed by atoms with van der Waals surface area (Å²) in [7, 11) is 0. The summed E-state index contributed by atoms with van der Waals surface area (Å²) < 4.78 is 5.82. The lowest BCUT2D eigenvalue weighted by molar-refractivity contribution is -0.0257. The van der Waals surface area contributed by atoms with Gasteiger partial charge in [0.25, 0.3) is 0 Å². The van der Waals surface area contributed by atoms with Crippen LogP contribution in [0.25, 0.3) is 0 Å².